The highest BCUT2D eigenvalue weighted by molar-refractivity contribution is 6.88. The quantitative estimate of drug-likeness (QED) is 0.710. The van der Waals surface area contributed by atoms with E-state index in [4.69, 9.17) is 4.12 Å². The lowest BCUT2D eigenvalue weighted by molar-refractivity contribution is 0.606. The molecule has 0 spiro atoms. The van der Waals surface area contributed by atoms with Gasteiger partial charge in [-0.3, -0.25) is 0 Å². The molecule has 0 amide bonds. The molecule has 0 bridgehead atoms. The van der Waals surface area contributed by atoms with Gasteiger partial charge in [0.05, 0.1) is 0 Å². The second-order valence-electron chi connectivity index (χ2n) is 3.92. The van der Waals surface area contributed by atoms with E-state index in [2.05, 4.69) is 45.0 Å². The summed E-state index contributed by atoms with van der Waals surface area (Å²) in [7, 11) is -0.735. The van der Waals surface area contributed by atoms with Crippen molar-refractivity contribution in [3.63, 3.8) is 0 Å². The first-order valence-corrected chi connectivity index (χ1v) is 9.01. The molecule has 0 fully saturated rings. The van der Waals surface area contributed by atoms with Crippen molar-refractivity contribution in [1.29, 1.82) is 0 Å². The third kappa shape index (κ3) is 2.41. The highest BCUT2D eigenvalue weighted by Gasteiger charge is 2.32. The zero-order valence-corrected chi connectivity index (χ0v) is 13.3. The summed E-state index contributed by atoms with van der Waals surface area (Å²) in [4.78, 5) is 0. The Bertz CT molecular complexity index is 300. The van der Waals surface area contributed by atoms with Crippen LogP contribution in [0.2, 0.25) is 12.1 Å². The van der Waals surface area contributed by atoms with Crippen LogP contribution in [0.5, 0.6) is 0 Å². The van der Waals surface area contributed by atoms with Gasteiger partial charge in [-0.2, -0.15) is 0 Å². The summed E-state index contributed by atoms with van der Waals surface area (Å²) in [5, 5.41) is 1.53. The van der Waals surface area contributed by atoms with Gasteiger partial charge in [-0.15, -0.1) is 0 Å². The van der Waals surface area contributed by atoms with E-state index >= 15 is 0 Å². The van der Waals surface area contributed by atoms with Crippen LogP contribution in [0.25, 0.3) is 0 Å². The fourth-order valence-electron chi connectivity index (χ4n) is 2.30. The zero-order chi connectivity index (χ0) is 11.3. The molecule has 0 aliphatic heterocycles. The van der Waals surface area contributed by atoms with Crippen LogP contribution in [0.15, 0.2) is 24.3 Å². The molecule has 1 rings (SSSR count). The van der Waals surface area contributed by atoms with E-state index in [1.54, 1.807) is 0 Å². The number of hydrogen-bond acceptors (Lipinski definition) is 1. The Balaban J connectivity index is 3.21. The van der Waals surface area contributed by atoms with Crippen LogP contribution in [0.3, 0.4) is 0 Å². The lowest BCUT2D eigenvalue weighted by Crippen LogP contribution is -2.50. The van der Waals surface area contributed by atoms with E-state index in [1.165, 1.54) is 22.8 Å². The highest BCUT2D eigenvalue weighted by atomic mass is 28.4. The van der Waals surface area contributed by atoms with Crippen molar-refractivity contribution in [2.75, 3.05) is 0 Å². The van der Waals surface area contributed by atoms with Crippen LogP contribution in [-0.2, 0) is 10.5 Å². The summed E-state index contributed by atoms with van der Waals surface area (Å²) >= 11 is 0. The zero-order valence-electron chi connectivity index (χ0n) is 10.3. The van der Waals surface area contributed by atoms with Gasteiger partial charge >= 0.3 is 0 Å². The van der Waals surface area contributed by atoms with Gasteiger partial charge in [-0.1, -0.05) is 45.0 Å². The van der Waals surface area contributed by atoms with Crippen molar-refractivity contribution in [1.82, 2.24) is 0 Å². The summed E-state index contributed by atoms with van der Waals surface area (Å²) in [5.74, 6) is 0. The fraction of sp³-hybridized carbons (Fsp3) is 0.500. The van der Waals surface area contributed by atoms with Crippen molar-refractivity contribution >= 4 is 24.0 Å². The van der Waals surface area contributed by atoms with Gasteiger partial charge < -0.3 is 4.12 Å². The molecule has 84 valence electrons. The Morgan fingerprint density at radius 1 is 1.13 bits per heavy atom. The maximum atomic E-state index is 6.04. The Morgan fingerprint density at radius 2 is 1.73 bits per heavy atom. The molecule has 3 heteroatoms. The lowest BCUT2D eigenvalue weighted by atomic mass is 10.2. The molecular weight excluding hydrogens is 216 g/mol. The van der Waals surface area contributed by atoms with E-state index in [9.17, 15) is 0 Å². The molecule has 1 nitrogen and oxygen atoms in total. The predicted molar refractivity (Wildman–Crippen MR) is 73.2 cm³/mol. The monoisotopic (exact) mass is 238 g/mol. The Kier molecular flexibility index (Phi) is 4.76. The average molecular weight is 238 g/mol. The van der Waals surface area contributed by atoms with Gasteiger partial charge in [0.1, 0.15) is 10.5 Å². The summed E-state index contributed by atoms with van der Waals surface area (Å²) < 4.78 is 6.04. The standard InChI is InChI=1S/C12H22OSi2/c1-4-11-9-7-8-10-12(11)15(5-2,6-3)13-14/h7-10H,4-6H2,1-3,14H3. The molecule has 15 heavy (non-hydrogen) atoms. The molecule has 0 radical (unpaired) electrons. The van der Waals surface area contributed by atoms with Crippen LogP contribution >= 0.6 is 0 Å². The van der Waals surface area contributed by atoms with E-state index in [0.717, 1.165) is 16.9 Å². The Labute approximate surface area is 97.5 Å². The molecule has 0 aliphatic rings. The van der Waals surface area contributed by atoms with Gasteiger partial charge in [-0.25, -0.2) is 0 Å². The minimum absolute atomic E-state index is 0.862. The summed E-state index contributed by atoms with van der Waals surface area (Å²) in [6, 6.07) is 11.2. The van der Waals surface area contributed by atoms with Gasteiger partial charge in [0, 0.05) is 0 Å². The largest absolute Gasteiger partial charge is 0.460 e. The molecule has 0 heterocycles. The van der Waals surface area contributed by atoms with Gasteiger partial charge in [0.15, 0.2) is 0 Å². The van der Waals surface area contributed by atoms with Gasteiger partial charge in [-0.05, 0) is 29.3 Å². The molecule has 0 saturated heterocycles. The molecular formula is C12H22OSi2. The first kappa shape index (κ1) is 12.7. The molecule has 0 atom stereocenters. The van der Waals surface area contributed by atoms with Crippen LogP contribution in [-0.4, -0.2) is 18.8 Å². The molecule has 0 N–H and O–H groups in total. The summed E-state index contributed by atoms with van der Waals surface area (Å²) in [6.45, 7) is 6.79. The molecule has 0 unspecified atom stereocenters. The highest BCUT2D eigenvalue weighted by Crippen LogP contribution is 2.18. The normalized spacial score (nSPS) is 11.9. The van der Waals surface area contributed by atoms with E-state index in [0.29, 0.717) is 0 Å². The maximum absolute atomic E-state index is 6.04. The maximum Gasteiger partial charge on any atom is 0.211 e. The molecule has 1 aromatic carbocycles. The second kappa shape index (κ2) is 5.63. The Morgan fingerprint density at radius 3 is 2.20 bits per heavy atom. The van der Waals surface area contributed by atoms with Gasteiger partial charge in [0.25, 0.3) is 0 Å². The SMILES string of the molecule is CCc1ccccc1[Si](CC)(CC)O[SiH3]. The van der Waals surface area contributed by atoms with Crippen molar-refractivity contribution in [3.8, 4) is 0 Å². The third-order valence-corrected chi connectivity index (χ3v) is 10.3. The molecule has 0 aromatic heterocycles. The van der Waals surface area contributed by atoms with E-state index < -0.39 is 8.32 Å². The van der Waals surface area contributed by atoms with Gasteiger partial charge in [0.2, 0.25) is 8.32 Å². The van der Waals surface area contributed by atoms with Crippen LogP contribution < -0.4 is 5.19 Å². The minimum Gasteiger partial charge on any atom is -0.460 e. The molecule has 1 aromatic rings. The van der Waals surface area contributed by atoms with Crippen molar-refractivity contribution in [2.45, 2.75) is 39.3 Å². The number of aryl methyl sites for hydroxylation is 1. The Hall–Kier alpha value is -0.386. The topological polar surface area (TPSA) is 9.23 Å². The second-order valence-corrected chi connectivity index (χ2v) is 9.49. The van der Waals surface area contributed by atoms with E-state index in [1.807, 2.05) is 0 Å². The molecule has 0 aliphatic carbocycles. The van der Waals surface area contributed by atoms with Crippen molar-refractivity contribution in [3.05, 3.63) is 29.8 Å². The summed E-state index contributed by atoms with van der Waals surface area (Å²) in [6.07, 6.45) is 1.12. The van der Waals surface area contributed by atoms with Crippen molar-refractivity contribution < 1.29 is 4.12 Å². The van der Waals surface area contributed by atoms with Crippen LogP contribution in [0.4, 0.5) is 0 Å². The minimum atomic E-state index is -1.60. The number of hydrogen-bond donors (Lipinski definition) is 0. The van der Waals surface area contributed by atoms with Crippen molar-refractivity contribution in [2.24, 2.45) is 0 Å². The smallest absolute Gasteiger partial charge is 0.211 e. The van der Waals surface area contributed by atoms with E-state index in [-0.39, 0.29) is 0 Å². The number of rotatable bonds is 5. The predicted octanol–water partition coefficient (Wildman–Crippen LogP) is 1.74. The first-order chi connectivity index (χ1) is 7.24. The number of benzene rings is 1. The summed E-state index contributed by atoms with van der Waals surface area (Å²) in [5.41, 5.74) is 1.49. The van der Waals surface area contributed by atoms with Crippen LogP contribution in [0, 0.1) is 0 Å². The average Bonchev–Trinajstić information content (AvgIpc) is 2.33. The first-order valence-electron chi connectivity index (χ1n) is 5.87. The molecule has 0 saturated carbocycles. The van der Waals surface area contributed by atoms with Crippen LogP contribution in [0.1, 0.15) is 26.3 Å². The lowest BCUT2D eigenvalue weighted by Gasteiger charge is -2.30. The fourth-order valence-corrected chi connectivity index (χ4v) is 8.00. The third-order valence-electron chi connectivity index (χ3n) is 3.42.